The minimum atomic E-state index is -0.326. The van der Waals surface area contributed by atoms with E-state index < -0.39 is 0 Å². The summed E-state index contributed by atoms with van der Waals surface area (Å²) >= 11 is 0. The number of hydrogen-bond acceptors (Lipinski definition) is 4. The first-order chi connectivity index (χ1) is 15.5. The zero-order valence-corrected chi connectivity index (χ0v) is 17.5. The summed E-state index contributed by atoms with van der Waals surface area (Å²) in [6, 6.07) is 17.4. The Morgan fingerprint density at radius 1 is 0.969 bits per heavy atom. The SMILES string of the molecule is Cc1nn(-c2ccc(F)cc2)c(C)c1C(=O)Nc1ccc(-n2cnc3ccccc32)nc1. The average Bonchev–Trinajstić information content (AvgIpc) is 3.35. The zero-order chi connectivity index (χ0) is 22.2. The maximum absolute atomic E-state index is 13.2. The first-order valence-electron chi connectivity index (χ1n) is 10.0. The van der Waals surface area contributed by atoms with E-state index in [1.165, 1.54) is 12.1 Å². The van der Waals surface area contributed by atoms with E-state index in [4.69, 9.17) is 0 Å². The van der Waals surface area contributed by atoms with Crippen LogP contribution in [0.25, 0.3) is 22.5 Å². The summed E-state index contributed by atoms with van der Waals surface area (Å²) in [5.74, 6) is 0.0945. The number of imidazole rings is 1. The standard InChI is InChI=1S/C24H19FN6O/c1-15-23(16(2)31(29-15)19-10-7-17(25)8-11-19)24(32)28-18-9-12-22(26-13-18)30-14-27-20-5-3-4-6-21(20)30/h3-14H,1-2H3,(H,28,32). The van der Waals surface area contributed by atoms with E-state index in [-0.39, 0.29) is 11.7 Å². The summed E-state index contributed by atoms with van der Waals surface area (Å²) in [6.07, 6.45) is 3.33. The van der Waals surface area contributed by atoms with E-state index in [0.29, 0.717) is 34.1 Å². The van der Waals surface area contributed by atoms with Crippen LogP contribution < -0.4 is 5.32 Å². The van der Waals surface area contributed by atoms with Crippen molar-refractivity contribution in [3.8, 4) is 11.5 Å². The Labute approximate surface area is 183 Å². The molecule has 1 amide bonds. The molecule has 0 aliphatic rings. The van der Waals surface area contributed by atoms with Crippen LogP contribution >= 0.6 is 0 Å². The summed E-state index contributed by atoms with van der Waals surface area (Å²) in [5.41, 5.74) is 4.81. The molecule has 0 bridgehead atoms. The van der Waals surface area contributed by atoms with Crippen molar-refractivity contribution in [2.45, 2.75) is 13.8 Å². The zero-order valence-electron chi connectivity index (χ0n) is 17.5. The van der Waals surface area contributed by atoms with Crippen molar-refractivity contribution in [1.29, 1.82) is 0 Å². The van der Waals surface area contributed by atoms with Crippen LogP contribution in [0.2, 0.25) is 0 Å². The quantitative estimate of drug-likeness (QED) is 0.455. The predicted molar refractivity (Wildman–Crippen MR) is 120 cm³/mol. The van der Waals surface area contributed by atoms with Crippen LogP contribution in [0.4, 0.5) is 10.1 Å². The van der Waals surface area contributed by atoms with Crippen molar-refractivity contribution in [2.75, 3.05) is 5.32 Å². The maximum atomic E-state index is 13.2. The second-order valence-corrected chi connectivity index (χ2v) is 7.40. The highest BCUT2D eigenvalue weighted by molar-refractivity contribution is 6.05. The number of hydrogen-bond donors (Lipinski definition) is 1. The van der Waals surface area contributed by atoms with Crippen LogP contribution in [0, 0.1) is 19.7 Å². The van der Waals surface area contributed by atoms with Crippen molar-refractivity contribution in [2.24, 2.45) is 0 Å². The number of nitrogens with zero attached hydrogens (tertiary/aromatic N) is 5. The third-order valence-electron chi connectivity index (χ3n) is 5.30. The van der Waals surface area contributed by atoms with E-state index in [2.05, 4.69) is 20.4 Å². The molecular weight excluding hydrogens is 407 g/mol. The Balaban J connectivity index is 1.39. The van der Waals surface area contributed by atoms with Gasteiger partial charge in [-0.15, -0.1) is 0 Å². The van der Waals surface area contributed by atoms with E-state index >= 15 is 0 Å². The molecule has 0 unspecified atom stereocenters. The minimum absolute atomic E-state index is 0.281. The van der Waals surface area contributed by atoms with E-state index in [0.717, 1.165) is 11.0 Å². The highest BCUT2D eigenvalue weighted by Crippen LogP contribution is 2.21. The summed E-state index contributed by atoms with van der Waals surface area (Å²) in [4.78, 5) is 21.8. The molecule has 1 N–H and O–H groups in total. The molecule has 0 saturated carbocycles. The van der Waals surface area contributed by atoms with Gasteiger partial charge in [-0.05, 0) is 62.4 Å². The van der Waals surface area contributed by atoms with Crippen LogP contribution in [0.1, 0.15) is 21.7 Å². The molecule has 0 atom stereocenters. The van der Waals surface area contributed by atoms with E-state index in [9.17, 15) is 9.18 Å². The predicted octanol–water partition coefficient (Wildman–Crippen LogP) is 4.61. The van der Waals surface area contributed by atoms with Gasteiger partial charge in [0.1, 0.15) is 18.0 Å². The molecule has 32 heavy (non-hydrogen) atoms. The van der Waals surface area contributed by atoms with Crippen LogP contribution in [-0.2, 0) is 0 Å². The fraction of sp³-hybridized carbons (Fsp3) is 0.0833. The van der Waals surface area contributed by atoms with Gasteiger partial charge in [-0.3, -0.25) is 9.36 Å². The number of carbonyl (C=O) groups excluding carboxylic acids is 1. The third-order valence-corrected chi connectivity index (χ3v) is 5.30. The Bertz CT molecular complexity index is 1430. The number of fused-ring (bicyclic) bond motifs is 1. The smallest absolute Gasteiger partial charge is 0.259 e. The Morgan fingerprint density at radius 3 is 2.50 bits per heavy atom. The fourth-order valence-electron chi connectivity index (χ4n) is 3.74. The van der Waals surface area contributed by atoms with Gasteiger partial charge in [0.05, 0.1) is 45.6 Å². The lowest BCUT2D eigenvalue weighted by Gasteiger charge is -2.08. The lowest BCUT2D eigenvalue weighted by atomic mass is 10.1. The largest absolute Gasteiger partial charge is 0.320 e. The summed E-state index contributed by atoms with van der Waals surface area (Å²) in [6.45, 7) is 3.58. The number of carbonyl (C=O) groups is 1. The van der Waals surface area contributed by atoms with Crippen LogP contribution in [0.5, 0.6) is 0 Å². The number of aryl methyl sites for hydroxylation is 1. The molecule has 3 heterocycles. The number of anilines is 1. The van der Waals surface area contributed by atoms with Crippen LogP contribution in [0.3, 0.4) is 0 Å². The lowest BCUT2D eigenvalue weighted by Crippen LogP contribution is -2.14. The molecule has 5 aromatic rings. The fourth-order valence-corrected chi connectivity index (χ4v) is 3.74. The highest BCUT2D eigenvalue weighted by Gasteiger charge is 2.20. The maximum Gasteiger partial charge on any atom is 0.259 e. The van der Waals surface area contributed by atoms with Gasteiger partial charge in [-0.25, -0.2) is 19.0 Å². The second kappa shape index (κ2) is 7.73. The van der Waals surface area contributed by atoms with Crippen molar-refractivity contribution >= 4 is 22.6 Å². The first-order valence-corrected chi connectivity index (χ1v) is 10.0. The molecule has 7 nitrogen and oxygen atoms in total. The van der Waals surface area contributed by atoms with Gasteiger partial charge in [-0.2, -0.15) is 5.10 Å². The molecule has 0 aliphatic heterocycles. The summed E-state index contributed by atoms with van der Waals surface area (Å²) in [5, 5.41) is 7.34. The van der Waals surface area contributed by atoms with Gasteiger partial charge in [0.2, 0.25) is 0 Å². The molecule has 0 radical (unpaired) electrons. The highest BCUT2D eigenvalue weighted by atomic mass is 19.1. The van der Waals surface area contributed by atoms with Gasteiger partial charge in [0.15, 0.2) is 0 Å². The molecule has 0 saturated heterocycles. The number of nitrogens with one attached hydrogen (secondary N) is 1. The molecule has 2 aromatic carbocycles. The Hall–Kier alpha value is -4.33. The first kappa shape index (κ1) is 19.6. The van der Waals surface area contributed by atoms with Gasteiger partial charge >= 0.3 is 0 Å². The van der Waals surface area contributed by atoms with E-state index in [1.807, 2.05) is 41.8 Å². The topological polar surface area (TPSA) is 77.6 Å². The number of halogens is 1. The molecular formula is C24H19FN6O. The third kappa shape index (κ3) is 3.41. The summed E-state index contributed by atoms with van der Waals surface area (Å²) in [7, 11) is 0. The van der Waals surface area contributed by atoms with Gasteiger partial charge in [-0.1, -0.05) is 12.1 Å². The van der Waals surface area contributed by atoms with Crippen molar-refractivity contribution < 1.29 is 9.18 Å². The van der Waals surface area contributed by atoms with Crippen molar-refractivity contribution in [3.63, 3.8) is 0 Å². The van der Waals surface area contributed by atoms with Crippen molar-refractivity contribution in [1.82, 2.24) is 24.3 Å². The summed E-state index contributed by atoms with van der Waals surface area (Å²) < 4.78 is 16.8. The van der Waals surface area contributed by atoms with E-state index in [1.54, 1.807) is 42.3 Å². The molecule has 8 heteroatoms. The molecule has 0 fully saturated rings. The number of benzene rings is 2. The lowest BCUT2D eigenvalue weighted by molar-refractivity contribution is 0.102. The van der Waals surface area contributed by atoms with Gasteiger partial charge in [0, 0.05) is 0 Å². The average molecular weight is 426 g/mol. The molecule has 3 aromatic heterocycles. The number of pyridine rings is 1. The van der Waals surface area contributed by atoms with Gasteiger partial charge in [0.25, 0.3) is 5.91 Å². The molecule has 0 aliphatic carbocycles. The van der Waals surface area contributed by atoms with Crippen LogP contribution in [0.15, 0.2) is 73.2 Å². The molecule has 0 spiro atoms. The molecule has 158 valence electrons. The number of aromatic nitrogens is 5. The van der Waals surface area contributed by atoms with Crippen LogP contribution in [-0.4, -0.2) is 30.2 Å². The monoisotopic (exact) mass is 426 g/mol. The van der Waals surface area contributed by atoms with Gasteiger partial charge < -0.3 is 5.32 Å². The molecule has 5 rings (SSSR count). The Morgan fingerprint density at radius 2 is 1.75 bits per heavy atom. The number of amides is 1. The van der Waals surface area contributed by atoms with Crippen molar-refractivity contribution in [3.05, 3.63) is 96.0 Å². The Kier molecular flexibility index (Phi) is 4.74. The minimum Gasteiger partial charge on any atom is -0.320 e. The number of rotatable bonds is 4. The second-order valence-electron chi connectivity index (χ2n) is 7.40. The number of para-hydroxylation sites is 2. The normalized spacial score (nSPS) is 11.1.